The van der Waals surface area contributed by atoms with E-state index >= 15 is 0 Å². The molecule has 2 rings (SSSR count). The predicted octanol–water partition coefficient (Wildman–Crippen LogP) is 3.25. The SMILES string of the molecule is CCCCCC(Cc1nc2ccccc2s1)NN. The van der Waals surface area contributed by atoms with Gasteiger partial charge in [-0.2, -0.15) is 0 Å². The van der Waals surface area contributed by atoms with E-state index in [0.717, 1.165) is 18.4 Å². The molecule has 98 valence electrons. The van der Waals surface area contributed by atoms with Crippen LogP contribution in [-0.2, 0) is 6.42 Å². The summed E-state index contributed by atoms with van der Waals surface area (Å²) < 4.78 is 1.26. The zero-order valence-corrected chi connectivity index (χ0v) is 11.7. The third-order valence-electron chi connectivity index (χ3n) is 3.15. The van der Waals surface area contributed by atoms with Crippen molar-refractivity contribution in [1.29, 1.82) is 0 Å². The van der Waals surface area contributed by atoms with E-state index in [9.17, 15) is 0 Å². The number of thiazole rings is 1. The molecule has 1 unspecified atom stereocenters. The molecular weight excluding hydrogens is 242 g/mol. The third-order valence-corrected chi connectivity index (χ3v) is 4.21. The Morgan fingerprint density at radius 3 is 2.89 bits per heavy atom. The minimum atomic E-state index is 0.345. The van der Waals surface area contributed by atoms with Crippen LogP contribution in [0.2, 0.25) is 0 Å². The molecule has 0 aliphatic heterocycles. The summed E-state index contributed by atoms with van der Waals surface area (Å²) in [6.45, 7) is 2.22. The first kappa shape index (κ1) is 13.5. The summed E-state index contributed by atoms with van der Waals surface area (Å²) >= 11 is 1.77. The van der Waals surface area contributed by atoms with Gasteiger partial charge in [-0.3, -0.25) is 11.3 Å². The molecule has 0 aliphatic rings. The van der Waals surface area contributed by atoms with Gasteiger partial charge in [0, 0.05) is 12.5 Å². The van der Waals surface area contributed by atoms with Crippen molar-refractivity contribution in [1.82, 2.24) is 10.4 Å². The van der Waals surface area contributed by atoms with E-state index < -0.39 is 0 Å². The molecule has 1 aromatic carbocycles. The van der Waals surface area contributed by atoms with Crippen molar-refractivity contribution in [3.05, 3.63) is 29.3 Å². The molecule has 2 aromatic rings. The molecule has 1 aromatic heterocycles. The van der Waals surface area contributed by atoms with Gasteiger partial charge in [0.25, 0.3) is 0 Å². The number of benzene rings is 1. The number of aromatic nitrogens is 1. The van der Waals surface area contributed by atoms with Crippen LogP contribution < -0.4 is 11.3 Å². The van der Waals surface area contributed by atoms with E-state index in [1.807, 2.05) is 6.07 Å². The molecule has 0 amide bonds. The number of fused-ring (bicyclic) bond motifs is 1. The molecule has 4 heteroatoms. The molecule has 0 aliphatic carbocycles. The van der Waals surface area contributed by atoms with Crippen LogP contribution in [0.1, 0.15) is 37.6 Å². The zero-order chi connectivity index (χ0) is 12.8. The van der Waals surface area contributed by atoms with E-state index in [0.29, 0.717) is 6.04 Å². The molecule has 0 fully saturated rings. The van der Waals surface area contributed by atoms with Crippen LogP contribution in [0.25, 0.3) is 10.2 Å². The summed E-state index contributed by atoms with van der Waals surface area (Å²) in [7, 11) is 0. The van der Waals surface area contributed by atoms with Crippen LogP contribution in [0.15, 0.2) is 24.3 Å². The zero-order valence-electron chi connectivity index (χ0n) is 10.9. The first-order valence-corrected chi connectivity index (χ1v) is 7.45. The molecular formula is C14H21N3S. The van der Waals surface area contributed by atoms with Gasteiger partial charge in [-0.1, -0.05) is 38.3 Å². The number of hydrazine groups is 1. The lowest BCUT2D eigenvalue weighted by atomic mass is 10.1. The molecule has 0 spiro atoms. The Bertz CT molecular complexity index is 448. The predicted molar refractivity (Wildman–Crippen MR) is 78.6 cm³/mol. The van der Waals surface area contributed by atoms with E-state index in [2.05, 4.69) is 35.5 Å². The van der Waals surface area contributed by atoms with Gasteiger partial charge in [0.05, 0.1) is 15.2 Å². The van der Waals surface area contributed by atoms with Crippen LogP contribution in [-0.4, -0.2) is 11.0 Å². The molecule has 3 nitrogen and oxygen atoms in total. The fourth-order valence-corrected chi connectivity index (χ4v) is 3.15. The molecule has 1 atom stereocenters. The van der Waals surface area contributed by atoms with E-state index in [-0.39, 0.29) is 0 Å². The molecule has 0 saturated heterocycles. The first-order valence-electron chi connectivity index (χ1n) is 6.64. The lowest BCUT2D eigenvalue weighted by molar-refractivity contribution is 0.466. The van der Waals surface area contributed by atoms with Gasteiger partial charge in [0.1, 0.15) is 0 Å². The van der Waals surface area contributed by atoms with Crippen LogP contribution in [0.3, 0.4) is 0 Å². The van der Waals surface area contributed by atoms with E-state index in [4.69, 9.17) is 5.84 Å². The Labute approximate surface area is 112 Å². The number of unbranched alkanes of at least 4 members (excludes halogenated alkanes) is 2. The van der Waals surface area contributed by atoms with Gasteiger partial charge in [0.15, 0.2) is 0 Å². The fourth-order valence-electron chi connectivity index (χ4n) is 2.10. The Hall–Kier alpha value is -0.970. The summed E-state index contributed by atoms with van der Waals surface area (Å²) in [6.07, 6.45) is 5.81. The molecule has 3 N–H and O–H groups in total. The summed E-state index contributed by atoms with van der Waals surface area (Å²) in [5.74, 6) is 5.62. The number of para-hydroxylation sites is 1. The Morgan fingerprint density at radius 1 is 1.33 bits per heavy atom. The number of rotatable bonds is 7. The Morgan fingerprint density at radius 2 is 2.17 bits per heavy atom. The van der Waals surface area contributed by atoms with Gasteiger partial charge < -0.3 is 0 Å². The van der Waals surface area contributed by atoms with Crippen molar-refractivity contribution in [3.63, 3.8) is 0 Å². The van der Waals surface area contributed by atoms with Crippen LogP contribution in [0, 0.1) is 0 Å². The maximum Gasteiger partial charge on any atom is 0.0954 e. The van der Waals surface area contributed by atoms with Gasteiger partial charge in [-0.25, -0.2) is 4.98 Å². The van der Waals surface area contributed by atoms with Crippen molar-refractivity contribution in [2.75, 3.05) is 0 Å². The lowest BCUT2D eigenvalue weighted by Gasteiger charge is -2.13. The van der Waals surface area contributed by atoms with Crippen LogP contribution >= 0.6 is 11.3 Å². The summed E-state index contributed by atoms with van der Waals surface area (Å²) in [5, 5.41) is 1.18. The number of nitrogens with one attached hydrogen (secondary N) is 1. The topological polar surface area (TPSA) is 50.9 Å². The normalized spacial score (nSPS) is 13.0. The lowest BCUT2D eigenvalue weighted by Crippen LogP contribution is -2.36. The highest BCUT2D eigenvalue weighted by atomic mass is 32.1. The van der Waals surface area contributed by atoms with Crippen molar-refractivity contribution in [2.45, 2.75) is 45.1 Å². The maximum atomic E-state index is 5.62. The quantitative estimate of drug-likeness (QED) is 0.458. The standard InChI is InChI=1S/C14H21N3S/c1-2-3-4-7-11(17-15)10-14-16-12-8-5-6-9-13(12)18-14/h5-6,8-9,11,17H,2-4,7,10,15H2,1H3. The molecule has 0 saturated carbocycles. The average Bonchev–Trinajstić information content (AvgIpc) is 2.80. The van der Waals surface area contributed by atoms with Crippen molar-refractivity contribution >= 4 is 21.6 Å². The summed E-state index contributed by atoms with van der Waals surface area (Å²) in [4.78, 5) is 4.65. The van der Waals surface area contributed by atoms with Gasteiger partial charge in [-0.05, 0) is 18.6 Å². The minimum Gasteiger partial charge on any atom is -0.271 e. The van der Waals surface area contributed by atoms with Crippen molar-refractivity contribution in [3.8, 4) is 0 Å². The molecule has 18 heavy (non-hydrogen) atoms. The second-order valence-electron chi connectivity index (χ2n) is 4.64. The molecule has 0 bridgehead atoms. The molecule has 0 radical (unpaired) electrons. The summed E-state index contributed by atoms with van der Waals surface area (Å²) in [6, 6.07) is 8.63. The highest BCUT2D eigenvalue weighted by molar-refractivity contribution is 7.18. The van der Waals surface area contributed by atoms with Crippen LogP contribution in [0.4, 0.5) is 0 Å². The van der Waals surface area contributed by atoms with Gasteiger partial charge in [-0.15, -0.1) is 11.3 Å². The third kappa shape index (κ3) is 3.51. The highest BCUT2D eigenvalue weighted by Gasteiger charge is 2.11. The summed E-state index contributed by atoms with van der Waals surface area (Å²) in [5.41, 5.74) is 4.02. The van der Waals surface area contributed by atoms with Crippen molar-refractivity contribution < 1.29 is 0 Å². The Kier molecular flexibility index (Phi) is 5.11. The first-order chi connectivity index (χ1) is 8.83. The largest absolute Gasteiger partial charge is 0.271 e. The van der Waals surface area contributed by atoms with E-state index in [1.165, 1.54) is 29.0 Å². The number of nitrogens with two attached hydrogens (primary N) is 1. The van der Waals surface area contributed by atoms with E-state index in [1.54, 1.807) is 11.3 Å². The number of hydrogen-bond donors (Lipinski definition) is 2. The second kappa shape index (κ2) is 6.83. The second-order valence-corrected chi connectivity index (χ2v) is 5.75. The Balaban J connectivity index is 1.97. The fraction of sp³-hybridized carbons (Fsp3) is 0.500. The molecule has 1 heterocycles. The average molecular weight is 263 g/mol. The number of hydrogen-bond acceptors (Lipinski definition) is 4. The smallest absolute Gasteiger partial charge is 0.0954 e. The maximum absolute atomic E-state index is 5.62. The monoisotopic (exact) mass is 263 g/mol. The van der Waals surface area contributed by atoms with Gasteiger partial charge in [0.2, 0.25) is 0 Å². The van der Waals surface area contributed by atoms with Crippen molar-refractivity contribution in [2.24, 2.45) is 5.84 Å². The highest BCUT2D eigenvalue weighted by Crippen LogP contribution is 2.23. The van der Waals surface area contributed by atoms with Crippen LogP contribution in [0.5, 0.6) is 0 Å². The van der Waals surface area contributed by atoms with Gasteiger partial charge >= 0.3 is 0 Å². The number of nitrogens with zero attached hydrogens (tertiary/aromatic N) is 1. The minimum absolute atomic E-state index is 0.345.